The summed E-state index contributed by atoms with van der Waals surface area (Å²) in [5.74, 6) is -7.46. The first-order valence-corrected chi connectivity index (χ1v) is 20.3. The van der Waals surface area contributed by atoms with E-state index in [2.05, 4.69) is 10.2 Å². The quantitative estimate of drug-likeness (QED) is 0.0901. The largest absolute Gasteiger partial charge is 0.507 e. The molecule has 4 aliphatic heterocycles. The third-order valence-corrected chi connectivity index (χ3v) is 12.7. The van der Waals surface area contributed by atoms with E-state index < -0.39 is 88.8 Å². The van der Waals surface area contributed by atoms with Gasteiger partial charge in [0.15, 0.2) is 5.75 Å². The van der Waals surface area contributed by atoms with Crippen molar-refractivity contribution in [2.45, 2.75) is 103 Å². The lowest BCUT2D eigenvalue weighted by Gasteiger charge is -2.38. The highest BCUT2D eigenvalue weighted by Gasteiger charge is 2.50. The van der Waals surface area contributed by atoms with Crippen LogP contribution in [0.2, 0.25) is 0 Å². The molecule has 1 amide bonds. The first-order chi connectivity index (χ1) is 26.8. The van der Waals surface area contributed by atoms with Crippen molar-refractivity contribution in [3.63, 3.8) is 0 Å². The van der Waals surface area contributed by atoms with E-state index in [1.165, 1.54) is 58.1 Å². The minimum absolute atomic E-state index is 0.0566. The number of benzene rings is 2. The Bertz CT molecular complexity index is 1970. The minimum atomic E-state index is -2.01. The number of Topliss-reactive ketones (excluding diaryl/α,β-unsaturated/α-hetero) is 1. The average Bonchev–Trinajstić information content (AvgIpc) is 3.79. The summed E-state index contributed by atoms with van der Waals surface area (Å²) in [5.41, 5.74) is 0.0312. The molecule has 5 bridgehead atoms. The van der Waals surface area contributed by atoms with Gasteiger partial charge in [0.2, 0.25) is 0 Å². The summed E-state index contributed by atoms with van der Waals surface area (Å²) in [7, 11) is 1.45. The molecular weight excluding hydrogens is 757 g/mol. The predicted molar refractivity (Wildman–Crippen MR) is 215 cm³/mol. The van der Waals surface area contributed by atoms with E-state index in [1.54, 1.807) is 46.8 Å². The molecule has 312 valence electrons. The number of aliphatic hydroxyl groups is 2. The van der Waals surface area contributed by atoms with E-state index >= 15 is 0 Å². The second-order valence-electron chi connectivity index (χ2n) is 15.6. The van der Waals surface area contributed by atoms with Crippen LogP contribution in [0, 0.1) is 30.6 Å². The zero-order chi connectivity index (χ0) is 42.1. The van der Waals surface area contributed by atoms with Crippen LogP contribution in [0.5, 0.6) is 23.0 Å². The molecule has 2 aromatic carbocycles. The highest BCUT2D eigenvalue weighted by Crippen LogP contribution is 2.57. The monoisotopic (exact) mass is 812 g/mol. The van der Waals surface area contributed by atoms with Gasteiger partial charge >= 0.3 is 11.8 Å². The van der Waals surface area contributed by atoms with E-state index in [1.807, 2.05) is 0 Å². The van der Waals surface area contributed by atoms with E-state index in [4.69, 9.17) is 18.9 Å². The van der Waals surface area contributed by atoms with Crippen LogP contribution in [0.3, 0.4) is 0 Å². The molecule has 2 aromatic rings. The molecule has 0 spiro atoms. The maximum Gasteiger partial charge on any atom is 0.312 e. The number of thioether (sulfide) groups is 1. The van der Waals surface area contributed by atoms with Crippen LogP contribution in [0.15, 0.2) is 41.0 Å². The Morgan fingerprint density at radius 1 is 0.965 bits per heavy atom. The lowest BCUT2D eigenvalue weighted by atomic mass is 9.78. The number of nitrogens with zero attached hydrogens (tertiary/aromatic N) is 1. The van der Waals surface area contributed by atoms with Crippen molar-refractivity contribution in [3.05, 3.63) is 47.3 Å². The number of ketones is 1. The standard InChI is InChI=1S/C42H56N2O12S/c1-20-13-12-14-21(2)41(52)43-31-35(49)29-28(36(50)39(31)57-19-44-16-10-11-17-44)30-38(25(6)34(29)48)56-42(8,40(30)51)54-18-15-27(53-9)22(3)37(55-26(7)45)24(5)33(47)23(4)32(20)46/h12-15,18,20,22-24,27,32-33,37,46-50H,10-11,16-17,19H2,1-9H3,(H,43,52)/b13-12+,18-15+,21-14-/t20-,22+,23+,24+,27-,32-,33+,37+,42-/m0/s1. The van der Waals surface area contributed by atoms with E-state index in [-0.39, 0.29) is 43.8 Å². The average molecular weight is 813 g/mol. The molecule has 0 radical (unpaired) electrons. The van der Waals surface area contributed by atoms with Crippen molar-refractivity contribution in [1.82, 2.24) is 4.90 Å². The number of hydrogen-bond acceptors (Lipinski definition) is 14. The molecule has 9 atom stereocenters. The van der Waals surface area contributed by atoms with Crippen LogP contribution in [0.1, 0.15) is 77.2 Å². The highest BCUT2D eigenvalue weighted by atomic mass is 32.2. The third-order valence-electron chi connectivity index (χ3n) is 11.5. The molecule has 4 aliphatic rings. The molecule has 6 rings (SSSR count). The molecule has 0 aliphatic carbocycles. The first kappa shape index (κ1) is 43.8. The number of allylic oxidation sites excluding steroid dienone is 2. The van der Waals surface area contributed by atoms with Gasteiger partial charge in [-0.15, -0.1) is 11.8 Å². The molecule has 0 aromatic heterocycles. The number of aliphatic hydroxyl groups excluding tert-OH is 2. The SMILES string of the molecule is CO[C@H]1/C=C/O[C@@]2(C)Oc3c(C)c(O)c4c(O)c(c(SCN5CCCC5)c(O)c4c3C2=O)NC(=O)/C(C)=C\C=C\[C@H](C)[C@H](O)[C@@H](C)[C@@H](O)[C@@H](C)[C@H](OC(C)=O)[C@@H]1C. The maximum atomic E-state index is 14.4. The number of anilines is 1. The molecule has 6 N–H and O–H groups in total. The number of fused-ring (bicyclic) bond motifs is 14. The summed E-state index contributed by atoms with van der Waals surface area (Å²) in [6, 6.07) is 0. The number of methoxy groups -OCH3 is 1. The number of phenolic OH excluding ortho intramolecular Hbond substituents is 3. The third kappa shape index (κ3) is 8.63. The van der Waals surface area contributed by atoms with Gasteiger partial charge in [0, 0.05) is 67.0 Å². The number of carbonyl (C=O) groups is 3. The fourth-order valence-corrected chi connectivity index (χ4v) is 9.00. The minimum Gasteiger partial charge on any atom is -0.507 e. The van der Waals surface area contributed by atoms with Crippen LogP contribution in [-0.4, -0.2) is 104 Å². The smallest absolute Gasteiger partial charge is 0.312 e. The normalized spacial score (nSPS) is 32.4. The number of nitrogens with one attached hydrogen (secondary N) is 1. The van der Waals surface area contributed by atoms with Gasteiger partial charge < -0.3 is 49.8 Å². The molecule has 0 saturated carbocycles. The number of esters is 1. The second-order valence-corrected chi connectivity index (χ2v) is 16.6. The first-order valence-electron chi connectivity index (χ1n) is 19.3. The lowest BCUT2D eigenvalue weighted by Crippen LogP contribution is -2.46. The number of amides is 1. The Balaban J connectivity index is 1.68. The lowest BCUT2D eigenvalue weighted by molar-refractivity contribution is -0.160. The zero-order valence-electron chi connectivity index (χ0n) is 34.0. The number of phenols is 3. The van der Waals surface area contributed by atoms with E-state index in [9.17, 15) is 39.9 Å². The van der Waals surface area contributed by atoms with E-state index in [0.29, 0.717) is 5.88 Å². The summed E-state index contributed by atoms with van der Waals surface area (Å²) in [6.07, 6.45) is 5.73. The van der Waals surface area contributed by atoms with Gasteiger partial charge in [-0.2, -0.15) is 0 Å². The van der Waals surface area contributed by atoms with Crippen LogP contribution < -0.4 is 10.1 Å². The summed E-state index contributed by atoms with van der Waals surface area (Å²) in [5, 5.41) is 60.6. The molecule has 14 nitrogen and oxygen atoms in total. The van der Waals surface area contributed by atoms with Gasteiger partial charge in [-0.3, -0.25) is 19.3 Å². The van der Waals surface area contributed by atoms with Crippen molar-refractivity contribution < 1.29 is 58.9 Å². The fraction of sp³-hybridized carbons (Fsp3) is 0.548. The Hall–Kier alpha value is -4.28. The Morgan fingerprint density at radius 2 is 1.63 bits per heavy atom. The summed E-state index contributed by atoms with van der Waals surface area (Å²) in [4.78, 5) is 42.6. The van der Waals surface area contributed by atoms with Crippen LogP contribution in [0.25, 0.3) is 10.8 Å². The van der Waals surface area contributed by atoms with Gasteiger partial charge in [0.1, 0.15) is 29.0 Å². The van der Waals surface area contributed by atoms with Crippen molar-refractivity contribution in [2.24, 2.45) is 23.7 Å². The van der Waals surface area contributed by atoms with Crippen molar-refractivity contribution in [1.29, 1.82) is 0 Å². The van der Waals surface area contributed by atoms with E-state index in [0.717, 1.165) is 25.9 Å². The molecule has 0 unspecified atom stereocenters. The van der Waals surface area contributed by atoms with Gasteiger partial charge in [-0.25, -0.2) is 0 Å². The number of ether oxygens (including phenoxy) is 4. The molecule has 57 heavy (non-hydrogen) atoms. The van der Waals surface area contributed by atoms with Gasteiger partial charge in [0.25, 0.3) is 11.7 Å². The van der Waals surface area contributed by atoms with Gasteiger partial charge in [0.05, 0.1) is 40.4 Å². The topological polar surface area (TPSA) is 205 Å². The van der Waals surface area contributed by atoms with Crippen molar-refractivity contribution in [3.8, 4) is 23.0 Å². The second kappa shape index (κ2) is 17.7. The Kier molecular flexibility index (Phi) is 13.6. The molecule has 4 heterocycles. The fourth-order valence-electron chi connectivity index (χ4n) is 7.90. The molecule has 1 fully saturated rings. The Morgan fingerprint density at radius 3 is 2.26 bits per heavy atom. The maximum absolute atomic E-state index is 14.4. The number of likely N-dealkylation sites (tertiary alicyclic amines) is 1. The molecule has 15 heteroatoms. The van der Waals surface area contributed by atoms with Crippen LogP contribution in [-0.2, 0) is 23.8 Å². The molecular formula is C42H56N2O12S. The summed E-state index contributed by atoms with van der Waals surface area (Å²) in [6.45, 7) is 14.3. The van der Waals surface area contributed by atoms with Crippen molar-refractivity contribution >= 4 is 45.9 Å². The Labute approximate surface area is 337 Å². The van der Waals surface area contributed by atoms with Gasteiger partial charge in [-0.05, 0) is 45.9 Å². The molecule has 1 saturated heterocycles. The van der Waals surface area contributed by atoms with Crippen LogP contribution in [0.4, 0.5) is 5.69 Å². The number of rotatable bonds is 5. The zero-order valence-corrected chi connectivity index (χ0v) is 34.8. The summed E-state index contributed by atoms with van der Waals surface area (Å²) >= 11 is 1.17. The number of aromatic hydroxyl groups is 3. The van der Waals surface area contributed by atoms with Crippen molar-refractivity contribution in [2.75, 3.05) is 31.4 Å². The highest BCUT2D eigenvalue weighted by molar-refractivity contribution is 7.99. The van der Waals surface area contributed by atoms with Gasteiger partial charge in [-0.1, -0.05) is 45.9 Å². The van der Waals surface area contributed by atoms with Crippen LogP contribution >= 0.6 is 11.8 Å². The predicted octanol–water partition coefficient (Wildman–Crippen LogP) is 5.90. The number of carbonyl (C=O) groups excluding carboxylic acids is 3. The number of hydrogen-bond donors (Lipinski definition) is 6. The summed E-state index contributed by atoms with van der Waals surface area (Å²) < 4.78 is 23.6.